The van der Waals surface area contributed by atoms with Gasteiger partial charge in [-0.15, -0.1) is 0 Å². The van der Waals surface area contributed by atoms with Crippen molar-refractivity contribution in [3.8, 4) is 0 Å². The number of hydrogen-bond donors (Lipinski definition) is 3. The monoisotopic (exact) mass is 623 g/mol. The molecule has 2 aromatic rings. The molecule has 1 saturated carbocycles. The Morgan fingerprint density at radius 1 is 1.14 bits per heavy atom. The van der Waals surface area contributed by atoms with Crippen LogP contribution in [0.15, 0.2) is 42.5 Å². The van der Waals surface area contributed by atoms with Crippen LogP contribution in [0.1, 0.15) is 54.4 Å². The van der Waals surface area contributed by atoms with E-state index in [1.54, 1.807) is 23.1 Å². The fraction of sp³-hybridized carbons (Fsp3) is 0.452. The fourth-order valence-electron chi connectivity index (χ4n) is 6.89. The van der Waals surface area contributed by atoms with Crippen molar-refractivity contribution >= 4 is 52.9 Å². The van der Waals surface area contributed by atoms with E-state index in [0.29, 0.717) is 53.8 Å². The zero-order chi connectivity index (χ0) is 31.0. The normalized spacial score (nSPS) is 24.2. The Kier molecular flexibility index (Phi) is 8.10. The highest BCUT2D eigenvalue weighted by Crippen LogP contribution is 2.44. The lowest BCUT2D eigenvalue weighted by Crippen LogP contribution is -2.60. The Balaban J connectivity index is 1.23. The molecule has 3 heterocycles. The van der Waals surface area contributed by atoms with Crippen LogP contribution in [0.2, 0.25) is 5.02 Å². The van der Waals surface area contributed by atoms with E-state index in [9.17, 15) is 24.0 Å². The second kappa shape index (κ2) is 12.0. The molecule has 2 unspecified atom stereocenters. The van der Waals surface area contributed by atoms with E-state index in [-0.39, 0.29) is 30.5 Å². The van der Waals surface area contributed by atoms with Gasteiger partial charge < -0.3 is 24.6 Å². The zero-order valence-electron chi connectivity index (χ0n) is 24.3. The molecule has 4 atom stereocenters. The second-order valence-corrected chi connectivity index (χ2v) is 12.2. The molecule has 1 spiro atoms. The standard InChI is InChI=1S/C31H34ClN5O7/c1-43-29(41)33-21-9-6-18(7-10-21)27(39)34-24(15-26(38)37-16-19-4-2-5-25(19)37)28(40)36-13-3-12-31(17-36)22-14-20(32)8-11-23(22)35-30(42)44-31/h6-11,14,19,24-25H,2-5,12-13,15-17H2,1H3,(H,33,41)(H,34,39)(H,35,42)/t19?,24-,25?,31-/m0/s1. The lowest BCUT2D eigenvalue weighted by Gasteiger charge is -2.46. The molecule has 5 amide bonds. The Hall–Kier alpha value is -4.32. The molecular formula is C31H34ClN5O7. The highest BCUT2D eigenvalue weighted by atomic mass is 35.5. The number of methoxy groups -OCH3 is 1. The maximum absolute atomic E-state index is 14.1. The third-order valence-electron chi connectivity index (χ3n) is 9.10. The van der Waals surface area contributed by atoms with E-state index in [1.807, 2.05) is 4.90 Å². The van der Waals surface area contributed by atoms with Crippen molar-refractivity contribution in [1.29, 1.82) is 0 Å². The molecule has 3 N–H and O–H groups in total. The molecule has 4 aliphatic rings. The average Bonchev–Trinajstić information content (AvgIpc) is 3.36. The number of piperidine rings is 1. The summed E-state index contributed by atoms with van der Waals surface area (Å²) in [5, 5.41) is 8.48. The van der Waals surface area contributed by atoms with Crippen LogP contribution in [0.5, 0.6) is 0 Å². The Morgan fingerprint density at radius 3 is 2.68 bits per heavy atom. The molecule has 12 nitrogen and oxygen atoms in total. The Bertz CT molecular complexity index is 1500. The van der Waals surface area contributed by atoms with Crippen molar-refractivity contribution in [1.82, 2.24) is 15.1 Å². The summed E-state index contributed by atoms with van der Waals surface area (Å²) in [5.41, 5.74) is 0.792. The van der Waals surface area contributed by atoms with Gasteiger partial charge in [0.1, 0.15) is 6.04 Å². The third kappa shape index (κ3) is 5.78. The van der Waals surface area contributed by atoms with Crippen LogP contribution in [-0.4, -0.2) is 78.5 Å². The molecule has 2 saturated heterocycles. The molecule has 0 bridgehead atoms. The molecule has 2 aromatic carbocycles. The van der Waals surface area contributed by atoms with Gasteiger partial charge in [0.15, 0.2) is 5.60 Å². The average molecular weight is 624 g/mol. The highest BCUT2D eigenvalue weighted by Gasteiger charge is 2.48. The Morgan fingerprint density at radius 2 is 1.93 bits per heavy atom. The van der Waals surface area contributed by atoms with Gasteiger partial charge in [0.05, 0.1) is 25.8 Å². The van der Waals surface area contributed by atoms with Crippen LogP contribution < -0.4 is 16.0 Å². The number of nitrogens with one attached hydrogen (secondary N) is 3. The molecule has 13 heteroatoms. The van der Waals surface area contributed by atoms with Crippen LogP contribution in [0.4, 0.5) is 21.0 Å². The van der Waals surface area contributed by atoms with Gasteiger partial charge in [-0.1, -0.05) is 18.0 Å². The molecule has 232 valence electrons. The summed E-state index contributed by atoms with van der Waals surface area (Å²) >= 11 is 6.30. The molecule has 44 heavy (non-hydrogen) atoms. The van der Waals surface area contributed by atoms with E-state index < -0.39 is 35.6 Å². The van der Waals surface area contributed by atoms with Gasteiger partial charge >= 0.3 is 12.2 Å². The summed E-state index contributed by atoms with van der Waals surface area (Å²) in [5.74, 6) is -0.651. The predicted octanol–water partition coefficient (Wildman–Crippen LogP) is 4.10. The summed E-state index contributed by atoms with van der Waals surface area (Å²) in [6.07, 6.45) is 2.68. The predicted molar refractivity (Wildman–Crippen MR) is 160 cm³/mol. The van der Waals surface area contributed by atoms with Crippen LogP contribution in [0, 0.1) is 5.92 Å². The quantitative estimate of drug-likeness (QED) is 0.439. The number of rotatable bonds is 6. The molecule has 3 fully saturated rings. The van der Waals surface area contributed by atoms with Crippen molar-refractivity contribution < 1.29 is 33.4 Å². The van der Waals surface area contributed by atoms with E-state index in [0.717, 1.165) is 19.3 Å². The summed E-state index contributed by atoms with van der Waals surface area (Å²) < 4.78 is 10.4. The van der Waals surface area contributed by atoms with Gasteiger partial charge in [0.2, 0.25) is 11.8 Å². The second-order valence-electron chi connectivity index (χ2n) is 11.8. The van der Waals surface area contributed by atoms with Gasteiger partial charge in [-0.2, -0.15) is 0 Å². The molecule has 6 rings (SSSR count). The number of nitrogens with zero attached hydrogens (tertiary/aromatic N) is 2. The summed E-state index contributed by atoms with van der Waals surface area (Å²) in [4.78, 5) is 68.4. The van der Waals surface area contributed by atoms with Gasteiger partial charge in [-0.05, 0) is 74.1 Å². The van der Waals surface area contributed by atoms with Gasteiger partial charge in [0, 0.05) is 41.0 Å². The van der Waals surface area contributed by atoms with Crippen molar-refractivity contribution in [3.63, 3.8) is 0 Å². The first-order valence-corrected chi connectivity index (χ1v) is 15.2. The number of carbonyl (C=O) groups excluding carboxylic acids is 5. The number of carbonyl (C=O) groups is 5. The lowest BCUT2D eigenvalue weighted by molar-refractivity contribution is -0.148. The van der Waals surface area contributed by atoms with Crippen LogP contribution in [-0.2, 0) is 24.7 Å². The minimum Gasteiger partial charge on any atom is -0.453 e. The fourth-order valence-corrected chi connectivity index (χ4v) is 7.06. The third-order valence-corrected chi connectivity index (χ3v) is 9.33. The van der Waals surface area contributed by atoms with E-state index in [1.165, 1.54) is 31.4 Å². The minimum absolute atomic E-state index is 0.0511. The maximum Gasteiger partial charge on any atom is 0.412 e. The molecule has 1 aliphatic carbocycles. The number of amides is 5. The van der Waals surface area contributed by atoms with Crippen LogP contribution >= 0.6 is 11.6 Å². The maximum atomic E-state index is 14.1. The first-order valence-electron chi connectivity index (χ1n) is 14.8. The molecule has 0 aromatic heterocycles. The topological polar surface area (TPSA) is 146 Å². The lowest BCUT2D eigenvalue weighted by atomic mass is 9.83. The van der Waals surface area contributed by atoms with E-state index in [2.05, 4.69) is 20.7 Å². The smallest absolute Gasteiger partial charge is 0.412 e. The Labute approximate surface area is 259 Å². The SMILES string of the molecule is COC(=O)Nc1ccc(C(=O)N[C@@H](CC(=O)N2CC3CCCC32)C(=O)N2CCC[C@@]3(C2)OC(=O)Nc2ccc(Cl)cc23)cc1. The number of halogens is 1. The molecule has 3 aliphatic heterocycles. The zero-order valence-corrected chi connectivity index (χ0v) is 25.0. The number of benzene rings is 2. The van der Waals surface area contributed by atoms with Crippen molar-refractivity contribution in [3.05, 3.63) is 58.6 Å². The largest absolute Gasteiger partial charge is 0.453 e. The summed E-state index contributed by atoms with van der Waals surface area (Å²) in [6.45, 7) is 1.08. The van der Waals surface area contributed by atoms with E-state index in [4.69, 9.17) is 16.3 Å². The van der Waals surface area contributed by atoms with Gasteiger partial charge in [-0.3, -0.25) is 25.0 Å². The van der Waals surface area contributed by atoms with Crippen molar-refractivity contribution in [2.45, 2.75) is 56.2 Å². The number of ether oxygens (including phenoxy) is 2. The molecule has 0 radical (unpaired) electrons. The van der Waals surface area contributed by atoms with Crippen LogP contribution in [0.3, 0.4) is 0 Å². The first kappa shape index (κ1) is 29.7. The summed E-state index contributed by atoms with van der Waals surface area (Å²) in [7, 11) is 1.25. The number of anilines is 2. The highest BCUT2D eigenvalue weighted by molar-refractivity contribution is 6.30. The number of fused-ring (bicyclic) bond motifs is 3. The van der Waals surface area contributed by atoms with Crippen molar-refractivity contribution in [2.24, 2.45) is 5.92 Å². The van der Waals surface area contributed by atoms with Crippen LogP contribution in [0.25, 0.3) is 0 Å². The molecular weight excluding hydrogens is 590 g/mol. The minimum atomic E-state index is -1.14. The number of likely N-dealkylation sites (tertiary alicyclic amines) is 2. The number of hydrogen-bond acceptors (Lipinski definition) is 7. The van der Waals surface area contributed by atoms with Gasteiger partial charge in [-0.25, -0.2) is 9.59 Å². The van der Waals surface area contributed by atoms with E-state index >= 15 is 0 Å². The first-order chi connectivity index (χ1) is 21.2. The van der Waals surface area contributed by atoms with Gasteiger partial charge in [0.25, 0.3) is 5.91 Å². The summed E-state index contributed by atoms with van der Waals surface area (Å²) in [6, 6.07) is 10.2. The van der Waals surface area contributed by atoms with Crippen molar-refractivity contribution in [2.75, 3.05) is 37.4 Å².